The summed E-state index contributed by atoms with van der Waals surface area (Å²) in [6, 6.07) is 1.76. The van der Waals surface area contributed by atoms with Gasteiger partial charge in [-0.05, 0) is 32.4 Å². The normalized spacial score (nSPS) is 27.9. The minimum Gasteiger partial charge on any atom is -0.387 e. The van der Waals surface area contributed by atoms with Crippen molar-refractivity contribution in [1.82, 2.24) is 19.4 Å². The van der Waals surface area contributed by atoms with Crippen LogP contribution in [0.2, 0.25) is 0 Å². The Kier molecular flexibility index (Phi) is 3.35. The second kappa shape index (κ2) is 5.18. The molecule has 0 aromatic carbocycles. The van der Waals surface area contributed by atoms with Crippen molar-refractivity contribution < 1.29 is 5.11 Å². The van der Waals surface area contributed by atoms with E-state index in [1.54, 1.807) is 23.2 Å². The molecule has 1 unspecified atom stereocenters. The van der Waals surface area contributed by atoms with Crippen LogP contribution < -0.4 is 5.56 Å². The molecule has 124 valence electrons. The highest BCUT2D eigenvalue weighted by molar-refractivity contribution is 5.73. The molecule has 1 aliphatic carbocycles. The van der Waals surface area contributed by atoms with E-state index in [1.807, 2.05) is 0 Å². The van der Waals surface area contributed by atoms with E-state index in [4.69, 9.17) is 0 Å². The van der Waals surface area contributed by atoms with E-state index in [0.717, 1.165) is 25.9 Å². The number of aromatic amines is 1. The molecule has 2 N–H and O–H groups in total. The number of hydrogen-bond donors (Lipinski definition) is 2. The molecule has 1 saturated heterocycles. The van der Waals surface area contributed by atoms with Crippen molar-refractivity contribution in [3.05, 3.63) is 28.9 Å². The molecule has 2 aliphatic rings. The minimum atomic E-state index is -0.828. The molecular weight excluding hydrogens is 292 g/mol. The van der Waals surface area contributed by atoms with E-state index in [9.17, 15) is 9.90 Å². The van der Waals surface area contributed by atoms with Crippen LogP contribution in [0.25, 0.3) is 11.0 Å². The topological polar surface area (TPSA) is 74.2 Å². The van der Waals surface area contributed by atoms with E-state index < -0.39 is 5.60 Å². The molecule has 1 saturated carbocycles. The summed E-state index contributed by atoms with van der Waals surface area (Å²) in [5, 5.41) is 12.1. The number of aromatic nitrogens is 3. The van der Waals surface area contributed by atoms with Gasteiger partial charge in [0.05, 0.1) is 23.9 Å². The highest BCUT2D eigenvalue weighted by Gasteiger charge is 2.54. The summed E-state index contributed by atoms with van der Waals surface area (Å²) in [5.41, 5.74) is -0.383. The zero-order chi connectivity index (χ0) is 16.1. The lowest BCUT2D eigenvalue weighted by Crippen LogP contribution is -2.60. The van der Waals surface area contributed by atoms with Crippen LogP contribution in [-0.4, -0.2) is 50.3 Å². The van der Waals surface area contributed by atoms with E-state index in [1.165, 1.54) is 12.8 Å². The Morgan fingerprint density at radius 3 is 2.91 bits per heavy atom. The number of piperidine rings is 1. The Morgan fingerprint density at radius 1 is 1.35 bits per heavy atom. The highest BCUT2D eigenvalue weighted by Crippen LogP contribution is 2.51. The monoisotopic (exact) mass is 316 g/mol. The van der Waals surface area contributed by atoms with Gasteiger partial charge in [0, 0.05) is 24.7 Å². The lowest BCUT2D eigenvalue weighted by atomic mass is 9.66. The first-order chi connectivity index (χ1) is 11.0. The Morgan fingerprint density at radius 2 is 2.13 bits per heavy atom. The van der Waals surface area contributed by atoms with Gasteiger partial charge in [-0.3, -0.25) is 9.36 Å². The fraction of sp³-hybridized carbons (Fsp3) is 0.647. The summed E-state index contributed by atoms with van der Waals surface area (Å²) in [5.74, 6) is 0. The summed E-state index contributed by atoms with van der Waals surface area (Å²) in [4.78, 5) is 22.2. The molecule has 1 aliphatic heterocycles. The summed E-state index contributed by atoms with van der Waals surface area (Å²) < 4.78 is 1.60. The number of rotatable bonds is 2. The van der Waals surface area contributed by atoms with Crippen LogP contribution in [0.4, 0.5) is 0 Å². The lowest BCUT2D eigenvalue weighted by molar-refractivity contribution is -0.139. The molecule has 6 nitrogen and oxygen atoms in total. The fourth-order valence-electron chi connectivity index (χ4n) is 4.67. The number of likely N-dealkylation sites (tertiary alicyclic amines) is 1. The zero-order valence-corrected chi connectivity index (χ0v) is 13.6. The standard InChI is InChI=1S/C17H24N4O2/c1-20-9-7-17(23,16(10-20)5-2-3-6-16)11-21-12-19-14-13(15(21)22)4-8-18-14/h4,8,12,18,23H,2-3,5-7,9-11H2,1H3. The Hall–Kier alpha value is -1.66. The van der Waals surface area contributed by atoms with Crippen molar-refractivity contribution in [2.75, 3.05) is 20.1 Å². The molecule has 23 heavy (non-hydrogen) atoms. The molecule has 4 rings (SSSR count). The van der Waals surface area contributed by atoms with E-state index in [0.29, 0.717) is 24.0 Å². The van der Waals surface area contributed by atoms with E-state index in [-0.39, 0.29) is 11.0 Å². The first kappa shape index (κ1) is 14.9. The van der Waals surface area contributed by atoms with Gasteiger partial charge in [-0.2, -0.15) is 0 Å². The van der Waals surface area contributed by atoms with Gasteiger partial charge in [0.15, 0.2) is 0 Å². The molecule has 2 aromatic rings. The summed E-state index contributed by atoms with van der Waals surface area (Å²) in [6.07, 6.45) is 8.43. The molecule has 0 bridgehead atoms. The quantitative estimate of drug-likeness (QED) is 0.877. The van der Waals surface area contributed by atoms with Crippen LogP contribution in [0.5, 0.6) is 0 Å². The van der Waals surface area contributed by atoms with Gasteiger partial charge in [0.2, 0.25) is 0 Å². The SMILES string of the molecule is CN1CCC(O)(Cn2cnc3[nH]ccc3c2=O)C2(CCCC2)C1. The van der Waals surface area contributed by atoms with Crippen molar-refractivity contribution in [2.45, 2.75) is 44.2 Å². The van der Waals surface area contributed by atoms with Gasteiger partial charge >= 0.3 is 0 Å². The second-order valence-electron chi connectivity index (χ2n) is 7.42. The molecule has 6 heteroatoms. The van der Waals surface area contributed by atoms with Gasteiger partial charge in [-0.25, -0.2) is 4.98 Å². The molecule has 0 radical (unpaired) electrons. The van der Waals surface area contributed by atoms with Crippen molar-refractivity contribution >= 4 is 11.0 Å². The van der Waals surface area contributed by atoms with Gasteiger partial charge in [-0.15, -0.1) is 0 Å². The number of aliphatic hydroxyl groups is 1. The largest absolute Gasteiger partial charge is 0.387 e. The molecule has 2 fully saturated rings. The summed E-state index contributed by atoms with van der Waals surface area (Å²) in [6.45, 7) is 2.12. The van der Waals surface area contributed by atoms with Crippen LogP contribution in [0.3, 0.4) is 0 Å². The highest BCUT2D eigenvalue weighted by atomic mass is 16.3. The Balaban J connectivity index is 1.72. The van der Waals surface area contributed by atoms with Crippen LogP contribution in [-0.2, 0) is 6.54 Å². The van der Waals surface area contributed by atoms with E-state index in [2.05, 4.69) is 21.9 Å². The average Bonchev–Trinajstić information content (AvgIpc) is 3.17. The summed E-state index contributed by atoms with van der Waals surface area (Å²) >= 11 is 0. The van der Waals surface area contributed by atoms with Crippen LogP contribution >= 0.6 is 0 Å². The predicted molar refractivity (Wildman–Crippen MR) is 88.3 cm³/mol. The van der Waals surface area contributed by atoms with Crippen LogP contribution in [0, 0.1) is 5.41 Å². The molecule has 1 spiro atoms. The van der Waals surface area contributed by atoms with E-state index >= 15 is 0 Å². The molecule has 3 heterocycles. The van der Waals surface area contributed by atoms with Gasteiger partial charge in [-0.1, -0.05) is 12.8 Å². The van der Waals surface area contributed by atoms with Gasteiger partial charge < -0.3 is 15.0 Å². The molecule has 0 amide bonds. The van der Waals surface area contributed by atoms with Gasteiger partial charge in [0.1, 0.15) is 5.65 Å². The Bertz CT molecular complexity index is 774. The maximum Gasteiger partial charge on any atom is 0.262 e. The maximum atomic E-state index is 12.7. The van der Waals surface area contributed by atoms with Crippen molar-refractivity contribution in [1.29, 1.82) is 0 Å². The van der Waals surface area contributed by atoms with Gasteiger partial charge in [0.25, 0.3) is 5.56 Å². The number of nitrogens with zero attached hydrogens (tertiary/aromatic N) is 3. The maximum absolute atomic E-state index is 12.7. The lowest BCUT2D eigenvalue weighted by Gasteiger charge is -2.51. The first-order valence-electron chi connectivity index (χ1n) is 8.47. The number of nitrogens with one attached hydrogen (secondary N) is 1. The van der Waals surface area contributed by atoms with Crippen LogP contribution in [0.1, 0.15) is 32.1 Å². The van der Waals surface area contributed by atoms with Crippen molar-refractivity contribution in [3.8, 4) is 0 Å². The van der Waals surface area contributed by atoms with Crippen LogP contribution in [0.15, 0.2) is 23.4 Å². The number of hydrogen-bond acceptors (Lipinski definition) is 4. The second-order valence-corrected chi connectivity index (χ2v) is 7.42. The number of fused-ring (bicyclic) bond motifs is 1. The Labute approximate surface area is 135 Å². The van der Waals surface area contributed by atoms with Crippen molar-refractivity contribution in [2.24, 2.45) is 5.41 Å². The average molecular weight is 316 g/mol. The zero-order valence-electron chi connectivity index (χ0n) is 13.6. The molecular formula is C17H24N4O2. The first-order valence-corrected chi connectivity index (χ1v) is 8.47. The van der Waals surface area contributed by atoms with Crippen molar-refractivity contribution in [3.63, 3.8) is 0 Å². The predicted octanol–water partition coefficient (Wildman–Crippen LogP) is 1.35. The smallest absolute Gasteiger partial charge is 0.262 e. The molecule has 1 atom stereocenters. The third kappa shape index (κ3) is 2.23. The molecule has 2 aromatic heterocycles. The number of H-pyrrole nitrogens is 1. The fourth-order valence-corrected chi connectivity index (χ4v) is 4.67. The summed E-state index contributed by atoms with van der Waals surface area (Å²) in [7, 11) is 2.12. The minimum absolute atomic E-state index is 0.0725. The third-order valence-electron chi connectivity index (χ3n) is 6.00. The third-order valence-corrected chi connectivity index (χ3v) is 6.00.